The van der Waals surface area contributed by atoms with E-state index < -0.39 is 0 Å². The van der Waals surface area contributed by atoms with E-state index >= 15 is 0 Å². The molecule has 0 bridgehead atoms. The maximum absolute atomic E-state index is 10.3. The van der Waals surface area contributed by atoms with E-state index in [4.69, 9.17) is 10.00 Å². The molecule has 1 saturated carbocycles. The molecule has 1 fully saturated rings. The fraction of sp³-hybridized carbons (Fsp3) is 0.435. The van der Waals surface area contributed by atoms with Crippen molar-refractivity contribution in [2.75, 3.05) is 0 Å². The van der Waals surface area contributed by atoms with Crippen molar-refractivity contribution >= 4 is 0 Å². The Bertz CT molecular complexity index is 838. The molecule has 2 aromatic rings. The van der Waals surface area contributed by atoms with Gasteiger partial charge in [-0.05, 0) is 54.4 Å². The Morgan fingerprint density at radius 3 is 2.77 bits per heavy atom. The normalized spacial score (nSPS) is 27.1. The van der Waals surface area contributed by atoms with Crippen molar-refractivity contribution in [3.63, 3.8) is 0 Å². The van der Waals surface area contributed by atoms with E-state index in [-0.39, 0.29) is 11.9 Å². The molecule has 3 nitrogen and oxygen atoms in total. The Hall–Kier alpha value is -2.47. The first kappa shape index (κ1) is 17.0. The molecule has 0 spiro atoms. The summed E-state index contributed by atoms with van der Waals surface area (Å²) in [5.74, 6) is 2.57. The van der Waals surface area contributed by atoms with Gasteiger partial charge in [0.05, 0.1) is 11.6 Å². The van der Waals surface area contributed by atoms with Gasteiger partial charge in [-0.2, -0.15) is 5.26 Å². The molecular formula is C23H25NO2. The minimum absolute atomic E-state index is 0.0269. The van der Waals surface area contributed by atoms with E-state index in [0.29, 0.717) is 17.2 Å². The highest BCUT2D eigenvalue weighted by Crippen LogP contribution is 2.46. The lowest BCUT2D eigenvalue weighted by atomic mass is 9.89. The zero-order chi connectivity index (χ0) is 18.1. The third-order valence-electron chi connectivity index (χ3n) is 6.05. The lowest BCUT2D eigenvalue weighted by Gasteiger charge is -2.25. The van der Waals surface area contributed by atoms with Gasteiger partial charge in [0.25, 0.3) is 0 Å². The molecular weight excluding hydrogens is 322 g/mol. The Morgan fingerprint density at radius 2 is 2.04 bits per heavy atom. The number of hydrogen-bond acceptors (Lipinski definition) is 3. The van der Waals surface area contributed by atoms with Crippen LogP contribution in [0.3, 0.4) is 0 Å². The highest BCUT2D eigenvalue weighted by Gasteiger charge is 2.37. The van der Waals surface area contributed by atoms with Crippen molar-refractivity contribution in [1.82, 2.24) is 0 Å². The van der Waals surface area contributed by atoms with Gasteiger partial charge in [-0.25, -0.2) is 0 Å². The Labute approximate surface area is 155 Å². The second kappa shape index (κ2) is 7.03. The van der Waals surface area contributed by atoms with Crippen molar-refractivity contribution in [2.24, 2.45) is 17.8 Å². The summed E-state index contributed by atoms with van der Waals surface area (Å²) in [6.07, 6.45) is 6.18. The summed E-state index contributed by atoms with van der Waals surface area (Å²) in [6, 6.07) is 15.4. The quantitative estimate of drug-likeness (QED) is 0.807. The van der Waals surface area contributed by atoms with Crippen LogP contribution in [0.25, 0.3) is 0 Å². The van der Waals surface area contributed by atoms with Gasteiger partial charge in [0, 0.05) is 12.0 Å². The molecule has 0 radical (unpaired) electrons. The van der Waals surface area contributed by atoms with Gasteiger partial charge in [-0.3, -0.25) is 0 Å². The summed E-state index contributed by atoms with van der Waals surface area (Å²) in [5, 5.41) is 19.2. The van der Waals surface area contributed by atoms with E-state index in [1.165, 1.54) is 42.9 Å². The molecule has 0 heterocycles. The second-order valence-corrected chi connectivity index (χ2v) is 8.02. The fourth-order valence-electron chi connectivity index (χ4n) is 4.80. The molecule has 2 aliphatic carbocycles. The van der Waals surface area contributed by atoms with Crippen LogP contribution in [-0.4, -0.2) is 5.11 Å². The third-order valence-corrected chi connectivity index (χ3v) is 6.05. The van der Waals surface area contributed by atoms with Crippen LogP contribution in [0.15, 0.2) is 42.5 Å². The first-order valence-electron chi connectivity index (χ1n) is 9.61. The first-order valence-corrected chi connectivity index (χ1v) is 9.61. The predicted molar refractivity (Wildman–Crippen MR) is 101 cm³/mol. The molecule has 0 saturated heterocycles. The number of rotatable bonds is 4. The standard InChI is InChI=1S/C23H25NO2/c1-15-6-7-16(10-15)11-19-13-18-4-2-3-5-20(18)23(19)26-22-9-8-17(14-24)12-21(22)25/h2-5,8-9,12,15-16,19,23,25H,6-7,10-11,13H2,1H3. The predicted octanol–water partition coefficient (Wildman–Crippen LogP) is 5.38. The first-order chi connectivity index (χ1) is 12.6. The number of fused-ring (bicyclic) bond motifs is 1. The molecule has 1 N–H and O–H groups in total. The van der Waals surface area contributed by atoms with E-state index in [2.05, 4.69) is 31.2 Å². The Kier molecular flexibility index (Phi) is 4.59. The molecule has 2 aromatic carbocycles. The number of benzene rings is 2. The summed E-state index contributed by atoms with van der Waals surface area (Å²) in [7, 11) is 0. The minimum atomic E-state index is -0.0269. The Balaban J connectivity index is 1.58. The van der Waals surface area contributed by atoms with Crippen LogP contribution in [0.1, 0.15) is 55.4 Å². The topological polar surface area (TPSA) is 53.2 Å². The van der Waals surface area contributed by atoms with Crippen molar-refractivity contribution in [2.45, 2.75) is 45.1 Å². The summed E-state index contributed by atoms with van der Waals surface area (Å²) < 4.78 is 6.32. The van der Waals surface area contributed by atoms with Crippen LogP contribution in [0, 0.1) is 29.1 Å². The smallest absolute Gasteiger partial charge is 0.161 e. The number of hydrogen-bond donors (Lipinski definition) is 1. The third kappa shape index (κ3) is 3.29. The number of ether oxygens (including phenoxy) is 1. The summed E-state index contributed by atoms with van der Waals surface area (Å²) in [4.78, 5) is 0. The number of phenols is 1. The van der Waals surface area contributed by atoms with Gasteiger partial charge in [-0.1, -0.05) is 44.0 Å². The van der Waals surface area contributed by atoms with Crippen molar-refractivity contribution < 1.29 is 9.84 Å². The van der Waals surface area contributed by atoms with Gasteiger partial charge in [0.2, 0.25) is 0 Å². The van der Waals surface area contributed by atoms with Crippen molar-refractivity contribution in [1.29, 1.82) is 5.26 Å². The van der Waals surface area contributed by atoms with Crippen LogP contribution < -0.4 is 4.74 Å². The monoisotopic (exact) mass is 347 g/mol. The van der Waals surface area contributed by atoms with Crippen LogP contribution in [-0.2, 0) is 6.42 Å². The van der Waals surface area contributed by atoms with Gasteiger partial charge in [0.15, 0.2) is 11.5 Å². The number of nitrogens with zero attached hydrogens (tertiary/aromatic N) is 1. The summed E-state index contributed by atoms with van der Waals surface area (Å²) >= 11 is 0. The summed E-state index contributed by atoms with van der Waals surface area (Å²) in [6.45, 7) is 2.35. The second-order valence-electron chi connectivity index (χ2n) is 8.02. The number of aromatic hydroxyl groups is 1. The zero-order valence-electron chi connectivity index (χ0n) is 15.2. The largest absolute Gasteiger partial charge is 0.504 e. The molecule has 0 aromatic heterocycles. The maximum atomic E-state index is 10.3. The number of nitriles is 1. The average molecular weight is 347 g/mol. The Morgan fingerprint density at radius 1 is 1.19 bits per heavy atom. The molecule has 2 aliphatic rings. The average Bonchev–Trinajstić information content (AvgIpc) is 3.20. The lowest BCUT2D eigenvalue weighted by Crippen LogP contribution is -2.17. The highest BCUT2D eigenvalue weighted by atomic mass is 16.5. The van der Waals surface area contributed by atoms with Crippen molar-refractivity contribution in [3.8, 4) is 17.6 Å². The van der Waals surface area contributed by atoms with Gasteiger partial charge < -0.3 is 9.84 Å². The molecule has 4 atom stereocenters. The molecule has 3 heteroatoms. The molecule has 4 unspecified atom stereocenters. The number of phenolic OH excluding ortho intramolecular Hbond substituents is 1. The summed E-state index contributed by atoms with van der Waals surface area (Å²) in [5.41, 5.74) is 3.05. The molecule has 0 amide bonds. The lowest BCUT2D eigenvalue weighted by molar-refractivity contribution is 0.127. The molecule has 26 heavy (non-hydrogen) atoms. The van der Waals surface area contributed by atoms with Crippen LogP contribution in [0.5, 0.6) is 11.5 Å². The molecule has 0 aliphatic heterocycles. The fourth-order valence-corrected chi connectivity index (χ4v) is 4.80. The van der Waals surface area contributed by atoms with Gasteiger partial charge >= 0.3 is 0 Å². The minimum Gasteiger partial charge on any atom is -0.504 e. The van der Waals surface area contributed by atoms with E-state index in [9.17, 15) is 5.11 Å². The van der Waals surface area contributed by atoms with Gasteiger partial charge in [0.1, 0.15) is 6.10 Å². The van der Waals surface area contributed by atoms with Crippen molar-refractivity contribution in [3.05, 3.63) is 59.2 Å². The van der Waals surface area contributed by atoms with E-state index in [1.54, 1.807) is 12.1 Å². The molecule has 134 valence electrons. The van der Waals surface area contributed by atoms with Crippen LogP contribution >= 0.6 is 0 Å². The zero-order valence-corrected chi connectivity index (χ0v) is 15.2. The van der Waals surface area contributed by atoms with Crippen LogP contribution in [0.4, 0.5) is 0 Å². The van der Waals surface area contributed by atoms with E-state index in [1.807, 2.05) is 6.07 Å². The van der Waals surface area contributed by atoms with Crippen LogP contribution in [0.2, 0.25) is 0 Å². The van der Waals surface area contributed by atoms with E-state index in [0.717, 1.165) is 18.3 Å². The maximum Gasteiger partial charge on any atom is 0.161 e. The van der Waals surface area contributed by atoms with Gasteiger partial charge in [-0.15, -0.1) is 0 Å². The molecule has 4 rings (SSSR count). The SMILES string of the molecule is CC1CCC(CC2Cc3ccccc3C2Oc2ccc(C#N)cc2O)C1. The highest BCUT2D eigenvalue weighted by molar-refractivity contribution is 5.46.